The minimum atomic E-state index is -0.144. The van der Waals surface area contributed by atoms with Crippen molar-refractivity contribution >= 4 is 22.5 Å². The molecule has 0 radical (unpaired) electrons. The van der Waals surface area contributed by atoms with Gasteiger partial charge in [-0.05, 0) is 23.8 Å². The zero-order chi connectivity index (χ0) is 13.9. The van der Waals surface area contributed by atoms with Gasteiger partial charge in [0.2, 0.25) is 5.91 Å². The quantitative estimate of drug-likeness (QED) is 0.716. The van der Waals surface area contributed by atoms with E-state index >= 15 is 0 Å². The van der Waals surface area contributed by atoms with Gasteiger partial charge in [0.05, 0.1) is 23.8 Å². The molecule has 5 heteroatoms. The molecule has 0 aliphatic carbocycles. The fourth-order valence-electron chi connectivity index (χ4n) is 2.19. The monoisotopic (exact) mass is 267 g/mol. The Balaban J connectivity index is 1.81. The number of aromatic nitrogens is 2. The Kier molecular flexibility index (Phi) is 3.09. The van der Waals surface area contributed by atoms with Gasteiger partial charge in [0.15, 0.2) is 0 Å². The molecule has 0 saturated carbocycles. The van der Waals surface area contributed by atoms with Crippen LogP contribution in [-0.2, 0) is 11.2 Å². The summed E-state index contributed by atoms with van der Waals surface area (Å²) in [5.41, 5.74) is 2.13. The third-order valence-electron chi connectivity index (χ3n) is 3.07. The maximum absolute atomic E-state index is 12.0. The number of amides is 1. The molecule has 3 rings (SSSR count). The van der Waals surface area contributed by atoms with E-state index in [1.54, 1.807) is 36.8 Å². The molecule has 0 unspecified atom stereocenters. The lowest BCUT2D eigenvalue weighted by molar-refractivity contribution is -0.115. The predicted molar refractivity (Wildman–Crippen MR) is 75.7 cm³/mol. The number of fused-ring (bicyclic) bond motifs is 1. The van der Waals surface area contributed by atoms with E-state index in [4.69, 9.17) is 0 Å². The number of benzene rings is 1. The summed E-state index contributed by atoms with van der Waals surface area (Å²) < 4.78 is 1.04. The summed E-state index contributed by atoms with van der Waals surface area (Å²) in [5, 5.41) is 13.4. The molecule has 100 valence electrons. The van der Waals surface area contributed by atoms with Crippen molar-refractivity contribution in [1.29, 1.82) is 0 Å². The SMILES string of the molecule is O=C(Cc1cn(O)c2ccccc12)Nc1cccnc1. The Morgan fingerprint density at radius 1 is 1.25 bits per heavy atom. The van der Waals surface area contributed by atoms with Crippen molar-refractivity contribution < 1.29 is 10.0 Å². The van der Waals surface area contributed by atoms with Crippen LogP contribution in [0.3, 0.4) is 0 Å². The van der Waals surface area contributed by atoms with Crippen LogP contribution < -0.4 is 5.32 Å². The third-order valence-corrected chi connectivity index (χ3v) is 3.07. The summed E-state index contributed by atoms with van der Waals surface area (Å²) >= 11 is 0. The topological polar surface area (TPSA) is 67.2 Å². The van der Waals surface area contributed by atoms with Gasteiger partial charge in [-0.15, -0.1) is 0 Å². The van der Waals surface area contributed by atoms with E-state index < -0.39 is 0 Å². The normalized spacial score (nSPS) is 10.6. The Morgan fingerprint density at radius 3 is 2.90 bits per heavy atom. The number of carbonyl (C=O) groups excluding carboxylic acids is 1. The van der Waals surface area contributed by atoms with E-state index in [0.717, 1.165) is 15.7 Å². The molecule has 1 aromatic carbocycles. The molecule has 5 nitrogen and oxygen atoms in total. The van der Waals surface area contributed by atoms with E-state index in [0.29, 0.717) is 11.2 Å². The van der Waals surface area contributed by atoms with Gasteiger partial charge in [-0.3, -0.25) is 9.78 Å². The molecule has 2 N–H and O–H groups in total. The van der Waals surface area contributed by atoms with Crippen molar-refractivity contribution in [3.63, 3.8) is 0 Å². The molecular formula is C15H13N3O2. The lowest BCUT2D eigenvalue weighted by Gasteiger charge is -2.03. The molecule has 0 atom stereocenters. The summed E-state index contributed by atoms with van der Waals surface area (Å²) in [7, 11) is 0. The van der Waals surface area contributed by atoms with Crippen molar-refractivity contribution in [2.45, 2.75) is 6.42 Å². The van der Waals surface area contributed by atoms with Crippen LogP contribution in [-0.4, -0.2) is 20.8 Å². The van der Waals surface area contributed by atoms with Crippen molar-refractivity contribution in [2.75, 3.05) is 5.32 Å². The summed E-state index contributed by atoms with van der Waals surface area (Å²) in [6.45, 7) is 0. The van der Waals surface area contributed by atoms with E-state index in [-0.39, 0.29) is 12.3 Å². The van der Waals surface area contributed by atoms with Gasteiger partial charge in [-0.1, -0.05) is 18.2 Å². The van der Waals surface area contributed by atoms with Crippen LogP contribution in [0.4, 0.5) is 5.69 Å². The second-order valence-electron chi connectivity index (χ2n) is 4.48. The first kappa shape index (κ1) is 12.2. The number of para-hydroxylation sites is 1. The number of hydrogen-bond donors (Lipinski definition) is 2. The summed E-state index contributed by atoms with van der Waals surface area (Å²) in [5.74, 6) is -0.144. The first-order chi connectivity index (χ1) is 9.74. The average Bonchev–Trinajstić information content (AvgIpc) is 2.77. The number of hydrogen-bond acceptors (Lipinski definition) is 3. The second-order valence-corrected chi connectivity index (χ2v) is 4.48. The minimum absolute atomic E-state index is 0.144. The Hall–Kier alpha value is -2.82. The lowest BCUT2D eigenvalue weighted by atomic mass is 10.1. The molecule has 0 spiro atoms. The smallest absolute Gasteiger partial charge is 0.228 e. The number of pyridine rings is 1. The molecule has 0 saturated heterocycles. The van der Waals surface area contributed by atoms with E-state index in [9.17, 15) is 10.0 Å². The van der Waals surface area contributed by atoms with Gasteiger partial charge in [0, 0.05) is 17.8 Å². The first-order valence-electron chi connectivity index (χ1n) is 6.22. The third kappa shape index (κ3) is 2.33. The van der Waals surface area contributed by atoms with Crippen LogP contribution in [0, 0.1) is 0 Å². The molecule has 2 heterocycles. The Morgan fingerprint density at radius 2 is 2.10 bits per heavy atom. The molecule has 0 fully saturated rings. The highest BCUT2D eigenvalue weighted by atomic mass is 16.5. The van der Waals surface area contributed by atoms with Crippen LogP contribution in [0.5, 0.6) is 0 Å². The van der Waals surface area contributed by atoms with Gasteiger partial charge in [-0.25, -0.2) is 0 Å². The van der Waals surface area contributed by atoms with Crippen molar-refractivity contribution in [2.24, 2.45) is 0 Å². The number of anilines is 1. The molecule has 0 bridgehead atoms. The highest BCUT2D eigenvalue weighted by Crippen LogP contribution is 2.20. The van der Waals surface area contributed by atoms with Crippen LogP contribution in [0.2, 0.25) is 0 Å². The van der Waals surface area contributed by atoms with Gasteiger partial charge < -0.3 is 10.5 Å². The fraction of sp³-hybridized carbons (Fsp3) is 0.0667. The van der Waals surface area contributed by atoms with Gasteiger partial charge >= 0.3 is 0 Å². The predicted octanol–water partition coefficient (Wildman–Crippen LogP) is 2.45. The molecule has 20 heavy (non-hydrogen) atoms. The maximum Gasteiger partial charge on any atom is 0.228 e. The number of nitrogens with one attached hydrogen (secondary N) is 1. The largest absolute Gasteiger partial charge is 0.428 e. The summed E-state index contributed by atoms with van der Waals surface area (Å²) in [4.78, 5) is 15.9. The Labute approximate surface area is 115 Å². The molecule has 0 aliphatic heterocycles. The average molecular weight is 267 g/mol. The number of carbonyl (C=O) groups is 1. The molecule has 0 aliphatic rings. The molecular weight excluding hydrogens is 254 g/mol. The van der Waals surface area contributed by atoms with Crippen LogP contribution in [0.15, 0.2) is 55.0 Å². The van der Waals surface area contributed by atoms with Crippen molar-refractivity contribution in [3.8, 4) is 0 Å². The van der Waals surface area contributed by atoms with E-state index in [2.05, 4.69) is 10.3 Å². The van der Waals surface area contributed by atoms with E-state index in [1.165, 1.54) is 0 Å². The first-order valence-corrected chi connectivity index (χ1v) is 6.22. The van der Waals surface area contributed by atoms with Gasteiger partial charge in [-0.2, -0.15) is 4.73 Å². The fourth-order valence-corrected chi connectivity index (χ4v) is 2.19. The van der Waals surface area contributed by atoms with Crippen LogP contribution >= 0.6 is 0 Å². The Bertz CT molecular complexity index is 750. The lowest BCUT2D eigenvalue weighted by Crippen LogP contribution is -2.14. The minimum Gasteiger partial charge on any atom is -0.428 e. The zero-order valence-electron chi connectivity index (χ0n) is 10.7. The maximum atomic E-state index is 12.0. The number of rotatable bonds is 3. The van der Waals surface area contributed by atoms with Crippen LogP contribution in [0.25, 0.3) is 10.9 Å². The van der Waals surface area contributed by atoms with Crippen LogP contribution in [0.1, 0.15) is 5.56 Å². The van der Waals surface area contributed by atoms with Gasteiger partial charge in [0.1, 0.15) is 0 Å². The van der Waals surface area contributed by atoms with Crippen molar-refractivity contribution in [3.05, 3.63) is 60.6 Å². The van der Waals surface area contributed by atoms with Gasteiger partial charge in [0.25, 0.3) is 0 Å². The highest BCUT2D eigenvalue weighted by Gasteiger charge is 2.11. The molecule has 3 aromatic rings. The summed E-state index contributed by atoms with van der Waals surface area (Å²) in [6, 6.07) is 10.9. The second kappa shape index (κ2) is 5.05. The molecule has 1 amide bonds. The van der Waals surface area contributed by atoms with Crippen molar-refractivity contribution in [1.82, 2.24) is 9.71 Å². The summed E-state index contributed by atoms with van der Waals surface area (Å²) in [6.07, 6.45) is 5.00. The van der Waals surface area contributed by atoms with E-state index in [1.807, 2.05) is 18.2 Å². The standard InChI is InChI=1S/C15H13N3O2/c19-15(17-12-4-3-7-16-9-12)8-11-10-18(20)14-6-2-1-5-13(11)14/h1-7,9-10,20H,8H2,(H,17,19). The highest BCUT2D eigenvalue weighted by molar-refractivity contribution is 5.95. The zero-order valence-corrected chi connectivity index (χ0v) is 10.7. The number of nitrogens with zero attached hydrogens (tertiary/aromatic N) is 2. The molecule has 2 aromatic heterocycles.